The summed E-state index contributed by atoms with van der Waals surface area (Å²) in [6, 6.07) is 1.77. The SMILES string of the molecule is FSn1ccc2c(C3=CC=C=CC=C3)nc(Cl)nc21. The Morgan fingerprint density at radius 3 is 3.05 bits per heavy atom. The van der Waals surface area contributed by atoms with Gasteiger partial charge in [-0.15, -0.1) is 9.62 Å². The lowest BCUT2D eigenvalue weighted by Gasteiger charge is -2.04. The third kappa shape index (κ3) is 2.24. The van der Waals surface area contributed by atoms with Crippen molar-refractivity contribution in [1.82, 2.24) is 13.9 Å². The first-order chi connectivity index (χ1) is 9.29. The van der Waals surface area contributed by atoms with Crippen molar-refractivity contribution in [2.24, 2.45) is 0 Å². The number of allylic oxidation sites excluding steroid dienone is 5. The molecule has 0 aliphatic heterocycles. The largest absolute Gasteiger partial charge is 0.247 e. The summed E-state index contributed by atoms with van der Waals surface area (Å²) in [6.07, 6.45) is 10.8. The lowest BCUT2D eigenvalue weighted by Crippen LogP contribution is -1.94. The van der Waals surface area contributed by atoms with Crippen LogP contribution in [0, 0.1) is 0 Å². The van der Waals surface area contributed by atoms with Gasteiger partial charge < -0.3 is 0 Å². The highest BCUT2D eigenvalue weighted by atomic mass is 35.5. The van der Waals surface area contributed by atoms with Gasteiger partial charge in [-0.1, -0.05) is 12.2 Å². The van der Waals surface area contributed by atoms with Crippen LogP contribution in [0.3, 0.4) is 0 Å². The average Bonchev–Trinajstić information content (AvgIpc) is 2.64. The van der Waals surface area contributed by atoms with Crippen molar-refractivity contribution in [2.45, 2.75) is 0 Å². The fourth-order valence-corrected chi connectivity index (χ4v) is 2.33. The second kappa shape index (κ2) is 5.05. The summed E-state index contributed by atoms with van der Waals surface area (Å²) in [6.45, 7) is 0. The van der Waals surface area contributed by atoms with Crippen LogP contribution in [0.4, 0.5) is 3.89 Å². The molecule has 1 aliphatic carbocycles. The van der Waals surface area contributed by atoms with Gasteiger partial charge in [0.15, 0.2) is 18.0 Å². The Bertz CT molecular complexity index is 770. The van der Waals surface area contributed by atoms with Crippen LogP contribution < -0.4 is 0 Å². The molecular weight excluding hydrogens is 285 g/mol. The number of hydrogen-bond acceptors (Lipinski definition) is 3. The number of aromatic nitrogens is 3. The van der Waals surface area contributed by atoms with Gasteiger partial charge in [0.2, 0.25) is 5.28 Å². The predicted octanol–water partition coefficient (Wildman–Crippen LogP) is 4.13. The number of hydrogen-bond donors (Lipinski definition) is 0. The normalized spacial score (nSPS) is 13.9. The summed E-state index contributed by atoms with van der Waals surface area (Å²) >= 11 is 5.99. The predicted molar refractivity (Wildman–Crippen MR) is 76.4 cm³/mol. The first-order valence-corrected chi connectivity index (χ1v) is 6.48. The minimum Gasteiger partial charge on any atom is -0.247 e. The molecule has 2 aromatic rings. The van der Waals surface area contributed by atoms with Gasteiger partial charge in [0.25, 0.3) is 0 Å². The zero-order valence-corrected chi connectivity index (χ0v) is 11.1. The fraction of sp³-hybridized carbons (Fsp3) is 0. The second-order valence-electron chi connectivity index (χ2n) is 3.77. The molecule has 19 heavy (non-hydrogen) atoms. The highest BCUT2D eigenvalue weighted by molar-refractivity contribution is 7.92. The number of rotatable bonds is 2. The number of halogens is 2. The van der Waals surface area contributed by atoms with E-state index in [-0.39, 0.29) is 17.6 Å². The summed E-state index contributed by atoms with van der Waals surface area (Å²) in [5, 5.41) is 0.840. The van der Waals surface area contributed by atoms with Crippen LogP contribution in [0.25, 0.3) is 16.6 Å². The van der Waals surface area contributed by atoms with Crippen molar-refractivity contribution in [3.63, 3.8) is 0 Å². The quantitative estimate of drug-likeness (QED) is 0.616. The van der Waals surface area contributed by atoms with E-state index in [0.717, 1.165) is 11.0 Å². The Labute approximate surface area is 118 Å². The van der Waals surface area contributed by atoms with E-state index in [1.54, 1.807) is 24.4 Å². The third-order valence-electron chi connectivity index (χ3n) is 2.66. The molecule has 1 aliphatic rings. The first kappa shape index (κ1) is 12.2. The Morgan fingerprint density at radius 2 is 2.21 bits per heavy atom. The van der Waals surface area contributed by atoms with Crippen LogP contribution in [-0.4, -0.2) is 13.9 Å². The third-order valence-corrected chi connectivity index (χ3v) is 3.27. The molecule has 0 unspecified atom stereocenters. The van der Waals surface area contributed by atoms with E-state index in [2.05, 4.69) is 15.7 Å². The lowest BCUT2D eigenvalue weighted by atomic mass is 10.1. The maximum Gasteiger partial charge on any atom is 0.224 e. The molecule has 0 atom stereocenters. The topological polar surface area (TPSA) is 30.7 Å². The minimum atomic E-state index is 0.0771. The zero-order valence-electron chi connectivity index (χ0n) is 9.55. The molecule has 0 spiro atoms. The molecule has 6 heteroatoms. The summed E-state index contributed by atoms with van der Waals surface area (Å²) in [4.78, 5) is 8.30. The van der Waals surface area contributed by atoms with E-state index in [1.807, 2.05) is 18.2 Å². The highest BCUT2D eigenvalue weighted by Gasteiger charge is 2.13. The van der Waals surface area contributed by atoms with E-state index >= 15 is 0 Å². The van der Waals surface area contributed by atoms with Crippen LogP contribution in [0.15, 0.2) is 48.4 Å². The van der Waals surface area contributed by atoms with Crippen molar-refractivity contribution < 1.29 is 3.89 Å². The van der Waals surface area contributed by atoms with Crippen molar-refractivity contribution in [1.29, 1.82) is 0 Å². The zero-order chi connectivity index (χ0) is 13.2. The van der Waals surface area contributed by atoms with Crippen molar-refractivity contribution in [3.8, 4) is 0 Å². The van der Waals surface area contributed by atoms with Crippen LogP contribution >= 0.6 is 23.9 Å². The van der Waals surface area contributed by atoms with Gasteiger partial charge in [-0.05, 0) is 35.9 Å². The van der Waals surface area contributed by atoms with Gasteiger partial charge in [-0.2, -0.15) is 4.98 Å². The molecule has 3 nitrogen and oxygen atoms in total. The molecule has 0 fully saturated rings. The number of nitrogens with zero attached hydrogens (tertiary/aromatic N) is 3. The molecule has 0 saturated heterocycles. The highest BCUT2D eigenvalue weighted by Crippen LogP contribution is 2.28. The fourth-order valence-electron chi connectivity index (χ4n) is 1.86. The van der Waals surface area contributed by atoms with Gasteiger partial charge >= 0.3 is 0 Å². The van der Waals surface area contributed by atoms with Gasteiger partial charge in [0, 0.05) is 17.2 Å². The lowest BCUT2D eigenvalue weighted by molar-refractivity contribution is 0.919. The second-order valence-corrected chi connectivity index (χ2v) is 4.64. The summed E-state index contributed by atoms with van der Waals surface area (Å²) in [5.41, 5.74) is 4.97. The van der Waals surface area contributed by atoms with Crippen LogP contribution in [0.2, 0.25) is 5.28 Å². The molecule has 94 valence electrons. The minimum absolute atomic E-state index is 0.0771. The molecule has 0 aromatic carbocycles. The Morgan fingerprint density at radius 1 is 1.32 bits per heavy atom. The molecular formula is C13H7ClFN3S. The first-order valence-electron chi connectivity index (χ1n) is 5.43. The summed E-state index contributed by atoms with van der Waals surface area (Å²) in [5.74, 6) is 0. The molecule has 3 rings (SSSR count). The molecule has 0 amide bonds. The molecule has 2 heterocycles. The van der Waals surface area contributed by atoms with Crippen LogP contribution in [0.5, 0.6) is 0 Å². The van der Waals surface area contributed by atoms with E-state index in [1.165, 1.54) is 3.97 Å². The van der Waals surface area contributed by atoms with Gasteiger partial charge in [-0.3, -0.25) is 0 Å². The smallest absolute Gasteiger partial charge is 0.224 e. The average molecular weight is 292 g/mol. The van der Waals surface area contributed by atoms with Gasteiger partial charge in [-0.25, -0.2) is 8.96 Å². The van der Waals surface area contributed by atoms with Gasteiger partial charge in [0.05, 0.1) is 5.69 Å². The van der Waals surface area contributed by atoms with Crippen molar-refractivity contribution in [3.05, 3.63) is 59.4 Å². The summed E-state index contributed by atoms with van der Waals surface area (Å²) in [7, 11) is 0. The van der Waals surface area contributed by atoms with E-state index in [9.17, 15) is 3.89 Å². The standard InChI is InChI=1S/C13H7ClFN3S/c14-13-16-11(9-5-3-1-2-4-6-9)10-7-8-18(19-15)12(10)17-13/h1,3-8H. The maximum atomic E-state index is 12.8. The monoisotopic (exact) mass is 291 g/mol. The number of fused-ring (bicyclic) bond motifs is 1. The van der Waals surface area contributed by atoms with Gasteiger partial charge in [0.1, 0.15) is 0 Å². The Kier molecular flexibility index (Phi) is 3.25. The molecule has 0 bridgehead atoms. The van der Waals surface area contributed by atoms with Crippen molar-refractivity contribution >= 4 is 40.5 Å². The Hall–Kier alpha value is -1.81. The molecule has 0 radical (unpaired) electrons. The molecule has 2 aromatic heterocycles. The van der Waals surface area contributed by atoms with Crippen molar-refractivity contribution in [2.75, 3.05) is 0 Å². The Balaban J connectivity index is 2.26. The van der Waals surface area contributed by atoms with Crippen LogP contribution in [-0.2, 0) is 0 Å². The molecule has 0 N–H and O–H groups in total. The molecule has 0 saturated carbocycles. The van der Waals surface area contributed by atoms with Crippen LogP contribution in [0.1, 0.15) is 5.69 Å². The summed E-state index contributed by atoms with van der Waals surface area (Å²) < 4.78 is 14.1. The van der Waals surface area contributed by atoms with E-state index in [4.69, 9.17) is 11.6 Å². The van der Waals surface area contributed by atoms with E-state index in [0.29, 0.717) is 11.3 Å². The maximum absolute atomic E-state index is 12.8. The van der Waals surface area contributed by atoms with E-state index < -0.39 is 0 Å².